The molecule has 0 aliphatic carbocycles. The Balaban J connectivity index is 2.12. The first-order valence-electron chi connectivity index (χ1n) is 5.42. The zero-order chi connectivity index (χ0) is 13.9. The van der Waals surface area contributed by atoms with Crippen molar-refractivity contribution in [3.05, 3.63) is 59.7 Å². The second-order valence-corrected chi connectivity index (χ2v) is 3.88. The van der Waals surface area contributed by atoms with Gasteiger partial charge in [0.2, 0.25) is 0 Å². The van der Waals surface area contributed by atoms with Crippen LogP contribution in [0.1, 0.15) is 21.6 Å². The van der Waals surface area contributed by atoms with E-state index in [4.69, 9.17) is 0 Å². The first-order valence-corrected chi connectivity index (χ1v) is 5.42. The lowest BCUT2D eigenvalue weighted by Crippen LogP contribution is -2.08. The molecule has 1 aromatic heterocycles. The van der Waals surface area contributed by atoms with Gasteiger partial charge in [0, 0.05) is 11.8 Å². The summed E-state index contributed by atoms with van der Waals surface area (Å²) in [6.07, 6.45) is -1.54. The van der Waals surface area contributed by atoms with Crippen LogP contribution in [0.2, 0.25) is 0 Å². The Morgan fingerprint density at radius 1 is 1.11 bits per heavy atom. The molecule has 0 spiro atoms. The van der Waals surface area contributed by atoms with Crippen LogP contribution in [-0.2, 0) is 12.6 Å². The topological polar surface area (TPSA) is 42.9 Å². The first kappa shape index (κ1) is 13.2. The number of ketones is 1. The van der Waals surface area contributed by atoms with Crippen LogP contribution in [0.15, 0.2) is 42.9 Å². The Labute approximate surface area is 107 Å². The molecule has 1 heterocycles. The summed E-state index contributed by atoms with van der Waals surface area (Å²) in [5, 5.41) is 0. The van der Waals surface area contributed by atoms with E-state index in [0.29, 0.717) is 5.69 Å². The molecule has 0 radical (unpaired) electrons. The molecule has 0 atom stereocenters. The van der Waals surface area contributed by atoms with Gasteiger partial charge in [0.05, 0.1) is 17.7 Å². The van der Waals surface area contributed by atoms with Crippen LogP contribution in [0.3, 0.4) is 0 Å². The van der Waals surface area contributed by atoms with Crippen molar-refractivity contribution in [3.8, 4) is 0 Å². The number of hydrogen-bond acceptors (Lipinski definition) is 3. The van der Waals surface area contributed by atoms with Crippen molar-refractivity contribution in [1.82, 2.24) is 9.97 Å². The minimum absolute atomic E-state index is 0.0356. The van der Waals surface area contributed by atoms with E-state index in [2.05, 4.69) is 9.97 Å². The fourth-order valence-electron chi connectivity index (χ4n) is 1.53. The zero-order valence-corrected chi connectivity index (χ0v) is 9.69. The molecule has 0 aliphatic heterocycles. The zero-order valence-electron chi connectivity index (χ0n) is 9.69. The summed E-state index contributed by atoms with van der Waals surface area (Å²) >= 11 is 0. The Morgan fingerprint density at radius 3 is 2.32 bits per heavy atom. The Bertz CT molecular complexity index is 565. The molecule has 0 saturated heterocycles. The number of aromatic nitrogens is 2. The average Bonchev–Trinajstić information content (AvgIpc) is 2.39. The minimum Gasteiger partial charge on any atom is -0.294 e. The van der Waals surface area contributed by atoms with Crippen LogP contribution in [0, 0.1) is 0 Å². The summed E-state index contributed by atoms with van der Waals surface area (Å²) < 4.78 is 37.1. The predicted molar refractivity (Wildman–Crippen MR) is 61.5 cm³/mol. The molecule has 6 heteroatoms. The van der Waals surface area contributed by atoms with E-state index < -0.39 is 11.7 Å². The van der Waals surface area contributed by atoms with E-state index >= 15 is 0 Å². The molecule has 0 bridgehead atoms. The number of carbonyl (C=O) groups is 1. The van der Waals surface area contributed by atoms with Crippen molar-refractivity contribution in [2.45, 2.75) is 12.6 Å². The summed E-state index contributed by atoms with van der Waals surface area (Å²) in [7, 11) is 0. The number of benzene rings is 1. The maximum absolute atomic E-state index is 12.4. The van der Waals surface area contributed by atoms with Gasteiger partial charge in [0.15, 0.2) is 5.78 Å². The molecule has 2 aromatic rings. The summed E-state index contributed by atoms with van der Waals surface area (Å²) in [6, 6.07) is 5.72. The van der Waals surface area contributed by atoms with Crippen molar-refractivity contribution in [1.29, 1.82) is 0 Å². The monoisotopic (exact) mass is 266 g/mol. The molecule has 1 aromatic carbocycles. The van der Waals surface area contributed by atoms with Crippen LogP contribution in [0.25, 0.3) is 0 Å². The SMILES string of the molecule is O=C(Cc1ccncn1)c1ccc(C(F)(F)F)cc1. The Morgan fingerprint density at radius 2 is 1.79 bits per heavy atom. The van der Waals surface area contributed by atoms with Crippen LogP contribution in [0.5, 0.6) is 0 Å². The van der Waals surface area contributed by atoms with E-state index in [1.54, 1.807) is 6.07 Å². The van der Waals surface area contributed by atoms with Gasteiger partial charge in [0.1, 0.15) is 6.33 Å². The Kier molecular flexibility index (Phi) is 3.59. The van der Waals surface area contributed by atoms with E-state index in [-0.39, 0.29) is 17.8 Å². The summed E-state index contributed by atoms with van der Waals surface area (Å²) in [5.41, 5.74) is -0.0161. The van der Waals surface area contributed by atoms with Crippen molar-refractivity contribution >= 4 is 5.78 Å². The van der Waals surface area contributed by atoms with Crippen LogP contribution in [-0.4, -0.2) is 15.8 Å². The van der Waals surface area contributed by atoms with Crippen LogP contribution < -0.4 is 0 Å². The van der Waals surface area contributed by atoms with Gasteiger partial charge in [-0.3, -0.25) is 4.79 Å². The van der Waals surface area contributed by atoms with E-state index in [1.165, 1.54) is 24.7 Å². The van der Waals surface area contributed by atoms with Crippen molar-refractivity contribution in [2.24, 2.45) is 0 Å². The highest BCUT2D eigenvalue weighted by Gasteiger charge is 2.30. The van der Waals surface area contributed by atoms with Gasteiger partial charge in [0.25, 0.3) is 0 Å². The summed E-state index contributed by atoms with van der Waals surface area (Å²) in [5.74, 6) is -0.285. The number of carbonyl (C=O) groups excluding carboxylic acids is 1. The van der Waals surface area contributed by atoms with E-state index in [1.807, 2.05) is 0 Å². The summed E-state index contributed by atoms with van der Waals surface area (Å²) in [4.78, 5) is 19.4. The quantitative estimate of drug-likeness (QED) is 0.802. The standard InChI is InChI=1S/C13H9F3N2O/c14-13(15,16)10-3-1-9(2-4-10)12(19)7-11-5-6-17-8-18-11/h1-6,8H,7H2. The van der Waals surface area contributed by atoms with E-state index in [0.717, 1.165) is 12.1 Å². The number of nitrogens with zero attached hydrogens (tertiary/aromatic N) is 2. The normalized spacial score (nSPS) is 11.3. The van der Waals surface area contributed by atoms with Gasteiger partial charge in [-0.25, -0.2) is 9.97 Å². The lowest BCUT2D eigenvalue weighted by atomic mass is 10.0. The molecular weight excluding hydrogens is 257 g/mol. The number of alkyl halides is 3. The van der Waals surface area contributed by atoms with Crippen molar-refractivity contribution < 1.29 is 18.0 Å². The third-order valence-corrected chi connectivity index (χ3v) is 2.52. The highest BCUT2D eigenvalue weighted by Crippen LogP contribution is 2.29. The lowest BCUT2D eigenvalue weighted by molar-refractivity contribution is -0.137. The third kappa shape index (κ3) is 3.37. The van der Waals surface area contributed by atoms with Gasteiger partial charge in [-0.2, -0.15) is 13.2 Å². The molecule has 2 rings (SSSR count). The molecular formula is C13H9F3N2O. The maximum atomic E-state index is 12.4. The number of hydrogen-bond donors (Lipinski definition) is 0. The average molecular weight is 266 g/mol. The molecule has 0 fully saturated rings. The predicted octanol–water partition coefficient (Wildman–Crippen LogP) is 2.92. The first-order chi connectivity index (χ1) is 8.97. The Hall–Kier alpha value is -2.24. The molecule has 0 unspecified atom stereocenters. The highest BCUT2D eigenvalue weighted by atomic mass is 19.4. The highest BCUT2D eigenvalue weighted by molar-refractivity contribution is 5.97. The van der Waals surface area contributed by atoms with Gasteiger partial charge in [-0.05, 0) is 18.2 Å². The van der Waals surface area contributed by atoms with Crippen LogP contribution in [0.4, 0.5) is 13.2 Å². The number of rotatable bonds is 3. The molecule has 0 aliphatic rings. The van der Waals surface area contributed by atoms with Gasteiger partial charge >= 0.3 is 6.18 Å². The lowest BCUT2D eigenvalue weighted by Gasteiger charge is -2.07. The molecule has 98 valence electrons. The maximum Gasteiger partial charge on any atom is 0.416 e. The largest absolute Gasteiger partial charge is 0.416 e. The molecule has 0 N–H and O–H groups in total. The second-order valence-electron chi connectivity index (χ2n) is 3.88. The second kappa shape index (κ2) is 5.17. The fraction of sp³-hybridized carbons (Fsp3) is 0.154. The van der Waals surface area contributed by atoms with Crippen molar-refractivity contribution in [3.63, 3.8) is 0 Å². The van der Waals surface area contributed by atoms with E-state index in [9.17, 15) is 18.0 Å². The number of halogens is 3. The smallest absolute Gasteiger partial charge is 0.294 e. The van der Waals surface area contributed by atoms with Gasteiger partial charge in [-0.1, -0.05) is 12.1 Å². The van der Waals surface area contributed by atoms with Gasteiger partial charge in [-0.15, -0.1) is 0 Å². The molecule has 19 heavy (non-hydrogen) atoms. The van der Waals surface area contributed by atoms with Gasteiger partial charge < -0.3 is 0 Å². The molecule has 0 amide bonds. The third-order valence-electron chi connectivity index (χ3n) is 2.52. The molecule has 3 nitrogen and oxygen atoms in total. The van der Waals surface area contributed by atoms with Crippen molar-refractivity contribution in [2.75, 3.05) is 0 Å². The fourth-order valence-corrected chi connectivity index (χ4v) is 1.53. The summed E-state index contributed by atoms with van der Waals surface area (Å²) in [6.45, 7) is 0. The number of Topliss-reactive ketones (excluding diaryl/α,β-unsaturated/α-hetero) is 1. The van der Waals surface area contributed by atoms with Crippen LogP contribution >= 0.6 is 0 Å². The molecule has 0 saturated carbocycles. The minimum atomic E-state index is -4.39.